The van der Waals surface area contributed by atoms with Crippen molar-refractivity contribution in [3.05, 3.63) is 59.1 Å². The van der Waals surface area contributed by atoms with Crippen molar-refractivity contribution >= 4 is 39.7 Å². The number of aromatic nitrogens is 2. The molecule has 0 bridgehead atoms. The molecule has 3 aromatic rings. The lowest BCUT2D eigenvalue weighted by Gasteiger charge is -2.26. The van der Waals surface area contributed by atoms with E-state index >= 15 is 0 Å². The largest absolute Gasteiger partial charge is 0.574 e. The number of primary amides is 1. The van der Waals surface area contributed by atoms with Crippen LogP contribution in [0.15, 0.2) is 48.7 Å². The lowest BCUT2D eigenvalue weighted by atomic mass is 10.1. The van der Waals surface area contributed by atoms with Gasteiger partial charge in [0, 0.05) is 11.6 Å². The molecule has 1 atom stereocenters. The van der Waals surface area contributed by atoms with Crippen molar-refractivity contribution in [2.24, 2.45) is 5.73 Å². The maximum atomic E-state index is 12.8. The summed E-state index contributed by atoms with van der Waals surface area (Å²) >= 11 is 0.919. The predicted molar refractivity (Wildman–Crippen MR) is 108 cm³/mol. The first-order valence-electron chi connectivity index (χ1n) is 8.73. The Balaban J connectivity index is 1.99. The molecule has 2 aromatic heterocycles. The zero-order valence-corrected chi connectivity index (χ0v) is 16.8. The molecule has 0 radical (unpaired) electrons. The summed E-state index contributed by atoms with van der Waals surface area (Å²) in [5, 5.41) is 0.148. The molecule has 0 aliphatic heterocycles. The Morgan fingerprint density at radius 2 is 1.84 bits per heavy atom. The number of nitrogens with two attached hydrogens (primary N) is 2. The van der Waals surface area contributed by atoms with Crippen molar-refractivity contribution in [3.63, 3.8) is 0 Å². The fraction of sp³-hybridized carbons (Fsp3) is 0.158. The van der Waals surface area contributed by atoms with E-state index in [4.69, 9.17) is 11.5 Å². The number of carbonyl (C=O) groups is 2. The molecule has 1 unspecified atom stereocenters. The standard InChI is InChI=1S/C19H16F3N5O3S/c1-10(17(24)29)27(12-7-8-13(25-9-12)30-19(20,21)22)18-26-16(23)15(31-18)14(28)11-5-3-2-4-6-11/h2-10H,23H2,1H3,(H2,24,29). The molecule has 4 N–H and O–H groups in total. The molecule has 0 saturated carbocycles. The number of thiazole rings is 1. The van der Waals surface area contributed by atoms with Crippen molar-refractivity contribution in [1.82, 2.24) is 9.97 Å². The summed E-state index contributed by atoms with van der Waals surface area (Å²) < 4.78 is 40.9. The fourth-order valence-electron chi connectivity index (χ4n) is 2.63. The van der Waals surface area contributed by atoms with Crippen LogP contribution < -0.4 is 21.1 Å². The number of rotatable bonds is 7. The van der Waals surface area contributed by atoms with Gasteiger partial charge in [-0.05, 0) is 13.0 Å². The van der Waals surface area contributed by atoms with Crippen LogP contribution in [0.4, 0.5) is 29.8 Å². The highest BCUT2D eigenvalue weighted by molar-refractivity contribution is 7.18. The van der Waals surface area contributed by atoms with E-state index < -0.39 is 24.2 Å². The second-order valence-electron chi connectivity index (χ2n) is 6.26. The van der Waals surface area contributed by atoms with E-state index in [9.17, 15) is 22.8 Å². The lowest BCUT2D eigenvalue weighted by Crippen LogP contribution is -2.40. The summed E-state index contributed by atoms with van der Waals surface area (Å²) in [6.45, 7) is 1.47. The first kappa shape index (κ1) is 22.0. The molecule has 0 aliphatic carbocycles. The quantitative estimate of drug-likeness (QED) is 0.528. The Morgan fingerprint density at radius 3 is 2.39 bits per heavy atom. The number of ether oxygens (including phenoxy) is 1. The maximum Gasteiger partial charge on any atom is 0.574 e. The number of amides is 1. The topological polar surface area (TPSA) is 124 Å². The van der Waals surface area contributed by atoms with E-state index in [0.29, 0.717) is 5.56 Å². The van der Waals surface area contributed by atoms with Gasteiger partial charge in [-0.3, -0.25) is 9.59 Å². The molecule has 1 aromatic carbocycles. The zero-order valence-electron chi connectivity index (χ0n) is 16.0. The molecule has 1 amide bonds. The smallest absolute Gasteiger partial charge is 0.388 e. The van der Waals surface area contributed by atoms with Gasteiger partial charge < -0.3 is 21.1 Å². The van der Waals surface area contributed by atoms with Crippen LogP contribution in [-0.4, -0.2) is 34.1 Å². The van der Waals surface area contributed by atoms with Gasteiger partial charge >= 0.3 is 6.36 Å². The van der Waals surface area contributed by atoms with Gasteiger partial charge in [-0.2, -0.15) is 0 Å². The molecule has 3 rings (SSSR count). The van der Waals surface area contributed by atoms with Crippen LogP contribution in [0.2, 0.25) is 0 Å². The van der Waals surface area contributed by atoms with Crippen LogP contribution in [0.1, 0.15) is 22.2 Å². The van der Waals surface area contributed by atoms with Crippen LogP contribution in [0.3, 0.4) is 0 Å². The van der Waals surface area contributed by atoms with Crippen LogP contribution >= 0.6 is 11.3 Å². The number of pyridine rings is 1. The molecular weight excluding hydrogens is 435 g/mol. The van der Waals surface area contributed by atoms with Gasteiger partial charge in [0.15, 0.2) is 5.13 Å². The molecule has 0 fully saturated rings. The minimum absolute atomic E-state index is 0.0551. The van der Waals surface area contributed by atoms with Crippen molar-refractivity contribution in [2.45, 2.75) is 19.3 Å². The predicted octanol–water partition coefficient (Wildman–Crippen LogP) is 3.26. The molecule has 0 spiro atoms. The average molecular weight is 451 g/mol. The van der Waals surface area contributed by atoms with E-state index in [2.05, 4.69) is 14.7 Å². The summed E-state index contributed by atoms with van der Waals surface area (Å²) in [6.07, 6.45) is -3.83. The van der Waals surface area contributed by atoms with Gasteiger partial charge in [0.05, 0.1) is 11.9 Å². The number of halogens is 3. The summed E-state index contributed by atoms with van der Waals surface area (Å²) in [5.74, 6) is -1.83. The van der Waals surface area contributed by atoms with Crippen LogP contribution in [0.25, 0.3) is 0 Å². The van der Waals surface area contributed by atoms with E-state index in [0.717, 1.165) is 23.6 Å². The molecule has 12 heteroatoms. The summed E-state index contributed by atoms with van der Waals surface area (Å²) in [6, 6.07) is 9.66. The van der Waals surface area contributed by atoms with Gasteiger partial charge in [-0.15, -0.1) is 13.2 Å². The third-order valence-corrected chi connectivity index (χ3v) is 5.18. The molecule has 2 heterocycles. The van der Waals surface area contributed by atoms with E-state index in [1.54, 1.807) is 30.3 Å². The first-order valence-corrected chi connectivity index (χ1v) is 9.55. The number of ketones is 1. The summed E-state index contributed by atoms with van der Waals surface area (Å²) in [5.41, 5.74) is 12.0. The summed E-state index contributed by atoms with van der Waals surface area (Å²) in [4.78, 5) is 33.9. The minimum atomic E-state index is -4.90. The molecule has 31 heavy (non-hydrogen) atoms. The van der Waals surface area contributed by atoms with E-state index in [1.165, 1.54) is 17.9 Å². The number of nitrogen functional groups attached to an aromatic ring is 1. The number of alkyl halides is 3. The number of benzene rings is 1. The van der Waals surface area contributed by atoms with Gasteiger partial charge in [-0.25, -0.2) is 9.97 Å². The highest BCUT2D eigenvalue weighted by Crippen LogP contribution is 2.36. The third-order valence-electron chi connectivity index (χ3n) is 4.11. The first-order chi connectivity index (χ1) is 14.6. The van der Waals surface area contributed by atoms with Gasteiger partial charge in [0.2, 0.25) is 17.6 Å². The minimum Gasteiger partial charge on any atom is -0.388 e. The van der Waals surface area contributed by atoms with Gasteiger partial charge in [0.1, 0.15) is 16.7 Å². The summed E-state index contributed by atoms with van der Waals surface area (Å²) in [7, 11) is 0. The lowest BCUT2D eigenvalue weighted by molar-refractivity contribution is -0.276. The van der Waals surface area contributed by atoms with Crippen molar-refractivity contribution in [1.29, 1.82) is 0 Å². The van der Waals surface area contributed by atoms with Crippen LogP contribution in [0.5, 0.6) is 5.88 Å². The number of hydrogen-bond acceptors (Lipinski definition) is 8. The van der Waals surface area contributed by atoms with E-state index in [1.807, 2.05) is 0 Å². The highest BCUT2D eigenvalue weighted by atomic mass is 32.1. The molecule has 8 nitrogen and oxygen atoms in total. The monoisotopic (exact) mass is 451 g/mol. The number of anilines is 3. The third kappa shape index (κ3) is 5.09. The Bertz CT molecular complexity index is 1090. The molecular formula is C19H16F3N5O3S. The Hall–Kier alpha value is -3.67. The number of hydrogen-bond donors (Lipinski definition) is 2. The van der Waals surface area contributed by atoms with Crippen LogP contribution in [-0.2, 0) is 4.79 Å². The molecule has 162 valence electrons. The number of nitrogens with zero attached hydrogens (tertiary/aromatic N) is 3. The fourth-order valence-corrected chi connectivity index (χ4v) is 3.68. The zero-order chi connectivity index (χ0) is 22.8. The Labute approximate surface area is 178 Å². The Kier molecular flexibility index (Phi) is 6.11. The van der Waals surface area contributed by atoms with Crippen LogP contribution in [0, 0.1) is 0 Å². The SMILES string of the molecule is CC(C(N)=O)N(c1ccc(OC(F)(F)F)nc1)c1nc(N)c(C(=O)c2ccccc2)s1. The average Bonchev–Trinajstić information content (AvgIpc) is 3.09. The van der Waals surface area contributed by atoms with E-state index in [-0.39, 0.29) is 27.3 Å². The Morgan fingerprint density at radius 1 is 1.16 bits per heavy atom. The van der Waals surface area contributed by atoms with Crippen molar-refractivity contribution < 1.29 is 27.5 Å². The van der Waals surface area contributed by atoms with Crippen molar-refractivity contribution in [3.8, 4) is 5.88 Å². The van der Waals surface area contributed by atoms with Gasteiger partial charge in [-0.1, -0.05) is 41.7 Å². The second kappa shape index (κ2) is 8.60. The number of carbonyl (C=O) groups excluding carboxylic acids is 2. The van der Waals surface area contributed by atoms with Crippen molar-refractivity contribution in [2.75, 3.05) is 10.6 Å². The second-order valence-corrected chi connectivity index (χ2v) is 7.23. The molecule has 0 aliphatic rings. The maximum absolute atomic E-state index is 12.8. The van der Waals surface area contributed by atoms with Gasteiger partial charge in [0.25, 0.3) is 0 Å². The molecule has 0 saturated heterocycles. The normalized spacial score (nSPS) is 12.3. The highest BCUT2D eigenvalue weighted by Gasteiger charge is 2.32.